The van der Waals surface area contributed by atoms with Crippen molar-refractivity contribution >= 4 is 23.6 Å². The van der Waals surface area contributed by atoms with Crippen molar-refractivity contribution in [3.63, 3.8) is 0 Å². The van der Waals surface area contributed by atoms with Crippen LogP contribution in [0.5, 0.6) is 5.75 Å². The number of aliphatic hydroxyl groups is 1. The summed E-state index contributed by atoms with van der Waals surface area (Å²) in [6.07, 6.45) is 8.90. The number of carbonyl (C=O) groups is 1. The molecule has 0 spiro atoms. The summed E-state index contributed by atoms with van der Waals surface area (Å²) in [6.45, 7) is 3.32. The zero-order valence-electron chi connectivity index (χ0n) is 21.4. The van der Waals surface area contributed by atoms with Gasteiger partial charge in [0, 0.05) is 42.5 Å². The molecule has 5 nitrogen and oxygen atoms in total. The summed E-state index contributed by atoms with van der Waals surface area (Å²) in [5.74, 6) is 3.50. The molecule has 2 aliphatic carbocycles. The van der Waals surface area contributed by atoms with Gasteiger partial charge in [0.25, 0.3) is 5.91 Å². The van der Waals surface area contributed by atoms with Gasteiger partial charge < -0.3 is 20.0 Å². The van der Waals surface area contributed by atoms with Gasteiger partial charge in [0.15, 0.2) is 0 Å². The van der Waals surface area contributed by atoms with E-state index in [0.29, 0.717) is 18.6 Å². The standard InChI is InChI=1S/C31H35ClN2O3/c1-33-16-18-34(19-17-33)29(36)25-6-2-4-23(20-25)5-3-11-31-13-12-30(37,14-15-32)22-26(31)8-7-24-21-27(35)9-10-28(24)31/h2-6,9-10,20-21,26,35,37H,7-8,11-13,16-19,22H2,1H3. The molecule has 3 atom stereocenters. The maximum absolute atomic E-state index is 13.1. The van der Waals surface area contributed by atoms with E-state index < -0.39 is 5.60 Å². The third-order valence-corrected chi connectivity index (χ3v) is 8.83. The summed E-state index contributed by atoms with van der Waals surface area (Å²) >= 11 is 5.69. The number of phenols is 1. The highest BCUT2D eigenvalue weighted by atomic mass is 35.5. The Kier molecular flexibility index (Phi) is 7.36. The van der Waals surface area contributed by atoms with Crippen molar-refractivity contribution in [3.05, 3.63) is 70.8 Å². The van der Waals surface area contributed by atoms with Gasteiger partial charge in [-0.3, -0.25) is 4.79 Å². The highest BCUT2D eigenvalue weighted by Gasteiger charge is 2.50. The minimum Gasteiger partial charge on any atom is -0.508 e. The molecular formula is C31H35ClN2O3. The second-order valence-electron chi connectivity index (χ2n) is 11.0. The first-order chi connectivity index (χ1) is 17.8. The number of hydrogen-bond donors (Lipinski definition) is 2. The number of aromatic hydroxyl groups is 1. The lowest BCUT2D eigenvalue weighted by molar-refractivity contribution is -0.00710. The van der Waals surface area contributed by atoms with Crippen LogP contribution in [0.2, 0.25) is 0 Å². The van der Waals surface area contributed by atoms with Crippen molar-refractivity contribution in [1.29, 1.82) is 0 Å². The van der Waals surface area contributed by atoms with Crippen molar-refractivity contribution in [2.75, 3.05) is 33.2 Å². The van der Waals surface area contributed by atoms with Crippen LogP contribution in [-0.4, -0.2) is 64.7 Å². The van der Waals surface area contributed by atoms with Crippen molar-refractivity contribution in [2.24, 2.45) is 5.92 Å². The first kappa shape index (κ1) is 25.9. The molecule has 37 heavy (non-hydrogen) atoms. The Bertz CT molecular complexity index is 1260. The molecule has 6 heteroatoms. The summed E-state index contributed by atoms with van der Waals surface area (Å²) < 4.78 is 0. The number of rotatable bonds is 4. The Morgan fingerprint density at radius 1 is 1.16 bits per heavy atom. The minimum atomic E-state index is -1.05. The second-order valence-corrected chi connectivity index (χ2v) is 11.2. The smallest absolute Gasteiger partial charge is 0.253 e. The fraction of sp³-hybridized carbons (Fsp3) is 0.452. The highest BCUT2D eigenvalue weighted by molar-refractivity contribution is 6.30. The maximum Gasteiger partial charge on any atom is 0.253 e. The fourth-order valence-corrected chi connectivity index (χ4v) is 6.80. The molecule has 1 amide bonds. The molecule has 2 aromatic carbocycles. The van der Waals surface area contributed by atoms with Gasteiger partial charge in [-0.25, -0.2) is 0 Å². The van der Waals surface area contributed by atoms with E-state index in [4.69, 9.17) is 11.6 Å². The van der Waals surface area contributed by atoms with Gasteiger partial charge in [-0.15, -0.1) is 0 Å². The van der Waals surface area contributed by atoms with E-state index in [1.54, 1.807) is 6.07 Å². The summed E-state index contributed by atoms with van der Waals surface area (Å²) in [7, 11) is 2.09. The largest absolute Gasteiger partial charge is 0.508 e. The van der Waals surface area contributed by atoms with E-state index in [2.05, 4.69) is 41.5 Å². The van der Waals surface area contributed by atoms with Crippen molar-refractivity contribution < 1.29 is 15.0 Å². The number of amides is 1. The third-order valence-electron chi connectivity index (χ3n) is 8.73. The Morgan fingerprint density at radius 3 is 2.76 bits per heavy atom. The lowest BCUT2D eigenvalue weighted by Crippen LogP contribution is -2.49. The van der Waals surface area contributed by atoms with Gasteiger partial charge in [-0.05, 0) is 104 Å². The predicted octanol–water partition coefficient (Wildman–Crippen LogP) is 4.80. The van der Waals surface area contributed by atoms with Crippen LogP contribution in [0.25, 0.3) is 6.08 Å². The average molecular weight is 519 g/mol. The number of halogens is 1. The van der Waals surface area contributed by atoms with E-state index in [1.165, 1.54) is 11.1 Å². The molecule has 1 aliphatic heterocycles. The maximum atomic E-state index is 13.1. The van der Waals surface area contributed by atoms with Gasteiger partial charge in [-0.1, -0.05) is 36.3 Å². The number of carbonyl (C=O) groups excluding carboxylic acids is 1. The third kappa shape index (κ3) is 5.29. The molecule has 3 unspecified atom stereocenters. The Balaban J connectivity index is 1.38. The molecule has 0 aromatic heterocycles. The van der Waals surface area contributed by atoms with E-state index in [1.807, 2.05) is 35.2 Å². The van der Waals surface area contributed by atoms with Gasteiger partial charge in [-0.2, -0.15) is 0 Å². The van der Waals surface area contributed by atoms with E-state index in [9.17, 15) is 15.0 Å². The van der Waals surface area contributed by atoms with E-state index >= 15 is 0 Å². The van der Waals surface area contributed by atoms with E-state index in [-0.39, 0.29) is 17.2 Å². The van der Waals surface area contributed by atoms with Crippen LogP contribution in [0.3, 0.4) is 0 Å². The average Bonchev–Trinajstić information content (AvgIpc) is 2.89. The molecule has 0 bridgehead atoms. The van der Waals surface area contributed by atoms with Gasteiger partial charge in [0.2, 0.25) is 0 Å². The Hall–Kier alpha value is -2.78. The number of benzene rings is 2. The van der Waals surface area contributed by atoms with Crippen LogP contribution in [0.15, 0.2) is 48.5 Å². The topological polar surface area (TPSA) is 64.0 Å². The van der Waals surface area contributed by atoms with Gasteiger partial charge in [0.1, 0.15) is 11.4 Å². The van der Waals surface area contributed by atoms with Crippen LogP contribution in [0.4, 0.5) is 0 Å². The Labute approximate surface area is 224 Å². The molecule has 1 saturated heterocycles. The number of likely N-dealkylation sites (N-methyl/N-ethyl adjacent to an activating group) is 1. The summed E-state index contributed by atoms with van der Waals surface area (Å²) in [4.78, 5) is 17.2. The SMILES string of the molecule is CN1CCN(C(=O)c2cccc(C=CCC34CCC(O)(C#CCl)CC3CCc3cc(O)ccc34)c2)CC1. The molecule has 0 radical (unpaired) electrons. The first-order valence-electron chi connectivity index (χ1n) is 13.2. The number of aryl methyl sites for hydroxylation is 1. The van der Waals surface area contributed by atoms with Crippen molar-refractivity contribution in [3.8, 4) is 17.0 Å². The summed E-state index contributed by atoms with van der Waals surface area (Å²) in [6, 6.07) is 13.6. The molecule has 1 heterocycles. The van der Waals surface area contributed by atoms with Crippen LogP contribution >= 0.6 is 11.6 Å². The number of fused-ring (bicyclic) bond motifs is 3. The minimum absolute atomic E-state index is 0.0926. The molecule has 3 aliphatic rings. The van der Waals surface area contributed by atoms with Gasteiger partial charge in [0.05, 0.1) is 0 Å². The first-order valence-corrected chi connectivity index (χ1v) is 13.6. The fourth-order valence-electron chi connectivity index (χ4n) is 6.63. The van der Waals surface area contributed by atoms with Crippen LogP contribution in [-0.2, 0) is 11.8 Å². The molecule has 2 fully saturated rings. The lowest BCUT2D eigenvalue weighted by atomic mass is 9.53. The zero-order chi connectivity index (χ0) is 26.0. The van der Waals surface area contributed by atoms with Crippen LogP contribution in [0.1, 0.15) is 59.2 Å². The van der Waals surface area contributed by atoms with Gasteiger partial charge >= 0.3 is 0 Å². The number of phenolic OH excluding ortho intramolecular Hbond substituents is 1. The van der Waals surface area contributed by atoms with Crippen molar-refractivity contribution in [1.82, 2.24) is 9.80 Å². The lowest BCUT2D eigenvalue weighted by Gasteiger charge is -2.52. The molecule has 2 N–H and O–H groups in total. The molecule has 1 saturated carbocycles. The molecular weight excluding hydrogens is 484 g/mol. The van der Waals surface area contributed by atoms with Crippen molar-refractivity contribution in [2.45, 2.75) is 49.5 Å². The zero-order valence-corrected chi connectivity index (χ0v) is 22.2. The van der Waals surface area contributed by atoms with Crippen LogP contribution < -0.4 is 0 Å². The Morgan fingerprint density at radius 2 is 1.97 bits per heavy atom. The highest BCUT2D eigenvalue weighted by Crippen LogP contribution is 2.55. The molecule has 2 aromatic rings. The monoisotopic (exact) mass is 518 g/mol. The number of nitrogens with zero attached hydrogens (tertiary/aromatic N) is 2. The number of hydrogen-bond acceptors (Lipinski definition) is 4. The van der Waals surface area contributed by atoms with Crippen LogP contribution in [0, 0.1) is 17.2 Å². The molecule has 5 rings (SSSR count). The molecule has 194 valence electrons. The quantitative estimate of drug-likeness (QED) is 0.571. The summed E-state index contributed by atoms with van der Waals surface area (Å²) in [5, 5.41) is 23.6. The van der Waals surface area contributed by atoms with E-state index in [0.717, 1.165) is 63.0 Å². The second kappa shape index (κ2) is 10.5. The summed E-state index contributed by atoms with van der Waals surface area (Å²) in [5.41, 5.74) is 3.01. The number of piperazine rings is 1. The predicted molar refractivity (Wildman–Crippen MR) is 148 cm³/mol. The normalized spacial score (nSPS) is 27.8. The number of allylic oxidation sites excluding steroid dienone is 1.